The van der Waals surface area contributed by atoms with Crippen LogP contribution < -0.4 is 24.3 Å². The number of benzene rings is 4. The number of hydrogen-bond donors (Lipinski definition) is 1. The number of hydrogen-bond acceptors (Lipinski definition) is 7. The average Bonchev–Trinajstić information content (AvgIpc) is 3.45. The molecule has 1 aliphatic heterocycles. The molecule has 0 radical (unpaired) electrons. The van der Waals surface area contributed by atoms with Crippen LogP contribution in [0.2, 0.25) is 0 Å². The van der Waals surface area contributed by atoms with Crippen LogP contribution in [0.3, 0.4) is 0 Å². The summed E-state index contributed by atoms with van der Waals surface area (Å²) in [5, 5.41) is 9.64. The summed E-state index contributed by atoms with van der Waals surface area (Å²) in [6, 6.07) is 31.5. The molecule has 2 heterocycles. The van der Waals surface area contributed by atoms with E-state index in [1.54, 1.807) is 17.9 Å². The first kappa shape index (κ1) is 27.0. The molecule has 0 saturated carbocycles. The van der Waals surface area contributed by atoms with Crippen molar-refractivity contribution in [2.45, 2.75) is 13.2 Å². The van der Waals surface area contributed by atoms with Gasteiger partial charge in [0.15, 0.2) is 18.1 Å². The van der Waals surface area contributed by atoms with Crippen LogP contribution in [0.15, 0.2) is 113 Å². The molecule has 0 saturated heterocycles. The molecule has 4 aromatic carbocycles. The van der Waals surface area contributed by atoms with Crippen LogP contribution in [0.4, 0.5) is 5.69 Å². The van der Waals surface area contributed by atoms with Crippen LogP contribution >= 0.6 is 11.3 Å². The molecular weight excluding hydrogens is 548 g/mol. The van der Waals surface area contributed by atoms with Gasteiger partial charge in [-0.25, -0.2) is 4.68 Å². The van der Waals surface area contributed by atoms with Crippen molar-refractivity contribution < 1.29 is 19.0 Å². The van der Waals surface area contributed by atoms with Crippen molar-refractivity contribution in [1.82, 2.24) is 4.68 Å². The lowest BCUT2D eigenvalue weighted by Gasteiger charge is -2.18. The van der Waals surface area contributed by atoms with E-state index in [-0.39, 0.29) is 12.5 Å². The molecule has 9 heteroatoms. The minimum Gasteiger partial charge on any atom is -0.485 e. The minimum atomic E-state index is -0.179. The molecule has 0 fully saturated rings. The van der Waals surface area contributed by atoms with Gasteiger partial charge in [-0.2, -0.15) is 5.10 Å². The average molecular weight is 577 g/mol. The summed E-state index contributed by atoms with van der Waals surface area (Å²) < 4.78 is 19.7. The van der Waals surface area contributed by atoms with E-state index in [2.05, 4.69) is 10.3 Å². The Hall–Kier alpha value is -5.15. The van der Waals surface area contributed by atoms with E-state index in [0.717, 1.165) is 32.7 Å². The van der Waals surface area contributed by atoms with Crippen LogP contribution in [0.1, 0.15) is 16.7 Å². The fourth-order valence-corrected chi connectivity index (χ4v) is 5.24. The van der Waals surface area contributed by atoms with Gasteiger partial charge in [0.2, 0.25) is 4.80 Å². The summed E-state index contributed by atoms with van der Waals surface area (Å²) in [7, 11) is 1.73. The van der Waals surface area contributed by atoms with Crippen LogP contribution in [0.5, 0.6) is 17.2 Å². The highest BCUT2D eigenvalue weighted by Crippen LogP contribution is 2.33. The number of ether oxygens (including phenoxy) is 3. The number of nitrogens with one attached hydrogen (secondary N) is 1. The van der Waals surface area contributed by atoms with E-state index in [1.807, 2.05) is 102 Å². The topological polar surface area (TPSA) is 86.4 Å². The van der Waals surface area contributed by atoms with E-state index in [1.165, 1.54) is 11.3 Å². The lowest BCUT2D eigenvalue weighted by atomic mass is 10.1. The molecule has 42 heavy (non-hydrogen) atoms. The van der Waals surface area contributed by atoms with E-state index in [4.69, 9.17) is 19.3 Å². The zero-order valence-corrected chi connectivity index (χ0v) is 23.7. The van der Waals surface area contributed by atoms with E-state index in [0.29, 0.717) is 36.1 Å². The molecule has 1 aliphatic rings. The molecule has 0 bridgehead atoms. The molecule has 5 aromatic rings. The molecule has 0 unspecified atom stereocenters. The number of fused-ring (bicyclic) bond motifs is 1. The van der Waals surface area contributed by atoms with E-state index >= 15 is 0 Å². The monoisotopic (exact) mass is 576 g/mol. The zero-order chi connectivity index (χ0) is 28.7. The second-order valence-corrected chi connectivity index (χ2v) is 10.3. The number of carbonyl (C=O) groups excluding carboxylic acids is 1. The predicted molar refractivity (Wildman–Crippen MR) is 164 cm³/mol. The number of thiazole rings is 1. The molecule has 6 rings (SSSR count). The zero-order valence-electron chi connectivity index (χ0n) is 22.9. The van der Waals surface area contributed by atoms with Gasteiger partial charge in [-0.05, 0) is 53.1 Å². The molecule has 210 valence electrons. The Morgan fingerprint density at radius 2 is 1.62 bits per heavy atom. The van der Waals surface area contributed by atoms with Crippen molar-refractivity contribution in [3.8, 4) is 28.5 Å². The highest BCUT2D eigenvalue weighted by molar-refractivity contribution is 7.07. The molecular formula is C33H28N4O4S. The lowest BCUT2D eigenvalue weighted by molar-refractivity contribution is -0.118. The Kier molecular flexibility index (Phi) is 8.09. The Balaban J connectivity index is 1.29. The Labute approximate surface area is 247 Å². The van der Waals surface area contributed by atoms with Crippen LogP contribution in [-0.2, 0) is 18.0 Å². The van der Waals surface area contributed by atoms with Crippen molar-refractivity contribution in [3.63, 3.8) is 0 Å². The summed E-state index contributed by atoms with van der Waals surface area (Å²) in [5.74, 6) is 1.74. The quantitative estimate of drug-likeness (QED) is 0.214. The molecule has 0 atom stereocenters. The fraction of sp³-hybridized carbons (Fsp3) is 0.121. The van der Waals surface area contributed by atoms with Crippen molar-refractivity contribution in [2.24, 2.45) is 10.1 Å². The van der Waals surface area contributed by atoms with Crippen molar-refractivity contribution in [1.29, 1.82) is 0 Å². The standard InChI is InChI=1S/C33H28N4O4S/c1-34-33-37(28(22-42-33)26-13-15-29-27(17-26)36-32(38)21-41-29)35-18-25-12-14-30(39-19-23-8-4-2-5-9-23)31(16-25)40-20-24-10-6-3-7-11-24/h2-18,22H,19-21H2,1H3,(H,36,38). The maximum atomic E-state index is 11.8. The SMILES string of the molecule is CN=c1scc(-c2ccc3c(c2)NC(=O)CO3)n1N=Cc1ccc(OCc2ccccc2)c(OCc2ccccc2)c1. The van der Waals surface area contributed by atoms with Gasteiger partial charge in [0.25, 0.3) is 5.91 Å². The van der Waals surface area contributed by atoms with Crippen LogP contribution in [0.25, 0.3) is 11.3 Å². The Morgan fingerprint density at radius 1 is 0.905 bits per heavy atom. The van der Waals surface area contributed by atoms with Crippen molar-refractivity contribution >= 4 is 29.1 Å². The Bertz CT molecular complexity index is 1800. The molecule has 0 aliphatic carbocycles. The number of nitrogens with zero attached hydrogens (tertiary/aromatic N) is 3. The molecule has 0 spiro atoms. The van der Waals surface area contributed by atoms with Gasteiger partial charge in [0.05, 0.1) is 17.6 Å². The number of amides is 1. The minimum absolute atomic E-state index is 0.0150. The van der Waals surface area contributed by atoms with E-state index < -0.39 is 0 Å². The molecule has 1 N–H and O–H groups in total. The summed E-state index contributed by atoms with van der Waals surface area (Å²) in [5.41, 5.74) is 5.31. The molecule has 1 amide bonds. The van der Waals surface area contributed by atoms with Crippen LogP contribution in [0, 0.1) is 0 Å². The van der Waals surface area contributed by atoms with Crippen molar-refractivity contribution in [3.05, 3.63) is 124 Å². The third-order valence-electron chi connectivity index (χ3n) is 6.55. The number of rotatable bonds is 9. The number of aromatic nitrogens is 1. The van der Waals surface area contributed by atoms with Gasteiger partial charge in [-0.1, -0.05) is 60.7 Å². The summed E-state index contributed by atoms with van der Waals surface area (Å²) >= 11 is 1.48. The third-order valence-corrected chi connectivity index (χ3v) is 7.46. The molecule has 1 aromatic heterocycles. The first-order chi connectivity index (χ1) is 20.7. The predicted octanol–water partition coefficient (Wildman–Crippen LogP) is 6.12. The van der Waals surface area contributed by atoms with Gasteiger partial charge in [0.1, 0.15) is 19.0 Å². The highest BCUT2D eigenvalue weighted by Gasteiger charge is 2.18. The van der Waals surface area contributed by atoms with Gasteiger partial charge in [-0.15, -0.1) is 11.3 Å². The molecule has 8 nitrogen and oxygen atoms in total. The first-order valence-corrected chi connectivity index (χ1v) is 14.3. The van der Waals surface area contributed by atoms with E-state index in [9.17, 15) is 4.79 Å². The summed E-state index contributed by atoms with van der Waals surface area (Å²) in [6.45, 7) is 0.850. The number of anilines is 1. The highest BCUT2D eigenvalue weighted by atomic mass is 32.1. The maximum Gasteiger partial charge on any atom is 0.262 e. The number of carbonyl (C=O) groups is 1. The second-order valence-electron chi connectivity index (χ2n) is 9.49. The van der Waals surface area contributed by atoms with Gasteiger partial charge in [0, 0.05) is 18.0 Å². The Morgan fingerprint density at radius 3 is 2.33 bits per heavy atom. The third kappa shape index (κ3) is 6.26. The van der Waals surface area contributed by atoms with Gasteiger partial charge < -0.3 is 19.5 Å². The van der Waals surface area contributed by atoms with Gasteiger partial charge in [-0.3, -0.25) is 9.79 Å². The second kappa shape index (κ2) is 12.6. The fourth-order valence-electron chi connectivity index (χ4n) is 4.44. The smallest absolute Gasteiger partial charge is 0.262 e. The van der Waals surface area contributed by atoms with Gasteiger partial charge >= 0.3 is 0 Å². The summed E-state index contributed by atoms with van der Waals surface area (Å²) in [4.78, 5) is 17.0. The lowest BCUT2D eigenvalue weighted by Crippen LogP contribution is -2.25. The van der Waals surface area contributed by atoms with Crippen LogP contribution in [-0.4, -0.2) is 30.5 Å². The largest absolute Gasteiger partial charge is 0.485 e. The van der Waals surface area contributed by atoms with Crippen molar-refractivity contribution in [2.75, 3.05) is 19.0 Å². The normalized spacial score (nSPS) is 13.0. The summed E-state index contributed by atoms with van der Waals surface area (Å²) in [6.07, 6.45) is 1.77. The first-order valence-electron chi connectivity index (χ1n) is 13.4. The maximum absolute atomic E-state index is 11.8.